The fourth-order valence-electron chi connectivity index (χ4n) is 3.35. The molecule has 1 heterocycles. The lowest BCUT2D eigenvalue weighted by molar-refractivity contribution is -0.274. The number of thioether (sulfide) groups is 1. The van der Waals surface area contributed by atoms with E-state index in [9.17, 15) is 22.8 Å². The van der Waals surface area contributed by atoms with E-state index in [1.165, 1.54) is 12.1 Å². The predicted octanol–water partition coefficient (Wildman–Crippen LogP) is 3.50. The minimum absolute atomic E-state index is 0.0857. The molecule has 0 atom stereocenters. The largest absolute Gasteiger partial charge is 0.573 e. The number of anilines is 2. The number of halogens is 3. The summed E-state index contributed by atoms with van der Waals surface area (Å²) >= 11 is 1.61. The molecule has 0 bridgehead atoms. The Balaban J connectivity index is 1.38. The van der Waals surface area contributed by atoms with Gasteiger partial charge in [0.1, 0.15) is 5.75 Å². The second kappa shape index (κ2) is 11.4. The van der Waals surface area contributed by atoms with Gasteiger partial charge in [-0.1, -0.05) is 6.07 Å². The Morgan fingerprint density at radius 1 is 0.909 bits per heavy atom. The van der Waals surface area contributed by atoms with Crippen LogP contribution >= 0.6 is 11.8 Å². The van der Waals surface area contributed by atoms with Gasteiger partial charge in [0.2, 0.25) is 11.8 Å². The molecule has 1 saturated heterocycles. The standard InChI is InChI=1S/C22H25F3N4O3S/c1-33-19-4-2-3-17(13-19)27-21(31)15-29-11-9-28(10-12-29)14-20(30)26-16-5-7-18(8-6-16)32-22(23,24)25/h2-8,13H,9-12,14-15H2,1H3,(H,26,30)(H,27,31). The summed E-state index contributed by atoms with van der Waals surface area (Å²) in [7, 11) is 0. The number of benzene rings is 2. The second-order valence-corrected chi connectivity index (χ2v) is 8.33. The summed E-state index contributed by atoms with van der Waals surface area (Å²) in [5.74, 6) is -0.700. The number of piperazine rings is 1. The number of ether oxygens (including phenoxy) is 1. The van der Waals surface area contributed by atoms with Crippen LogP contribution in [0.25, 0.3) is 0 Å². The van der Waals surface area contributed by atoms with E-state index in [0.29, 0.717) is 31.9 Å². The number of nitrogens with zero attached hydrogens (tertiary/aromatic N) is 2. The van der Waals surface area contributed by atoms with Gasteiger partial charge in [-0.05, 0) is 48.7 Å². The number of nitrogens with one attached hydrogen (secondary N) is 2. The molecule has 0 saturated carbocycles. The summed E-state index contributed by atoms with van der Waals surface area (Å²) < 4.78 is 40.4. The maximum atomic E-state index is 12.3. The zero-order valence-electron chi connectivity index (χ0n) is 18.0. The molecule has 33 heavy (non-hydrogen) atoms. The molecule has 1 fully saturated rings. The first kappa shape index (κ1) is 24.9. The number of amides is 2. The fourth-order valence-corrected chi connectivity index (χ4v) is 3.81. The highest BCUT2D eigenvalue weighted by Crippen LogP contribution is 2.24. The van der Waals surface area contributed by atoms with Crippen LogP contribution < -0.4 is 15.4 Å². The molecular formula is C22H25F3N4O3S. The van der Waals surface area contributed by atoms with Gasteiger partial charge in [-0.25, -0.2) is 0 Å². The molecule has 2 N–H and O–H groups in total. The minimum atomic E-state index is -4.76. The van der Waals surface area contributed by atoms with Crippen molar-refractivity contribution < 1.29 is 27.5 Å². The number of carbonyl (C=O) groups excluding carboxylic acids is 2. The Hall–Kier alpha value is -2.76. The highest BCUT2D eigenvalue weighted by molar-refractivity contribution is 7.98. The highest BCUT2D eigenvalue weighted by Gasteiger charge is 2.31. The summed E-state index contributed by atoms with van der Waals surface area (Å²) in [5.41, 5.74) is 1.15. The second-order valence-electron chi connectivity index (χ2n) is 7.45. The van der Waals surface area contributed by atoms with E-state index >= 15 is 0 Å². The molecule has 0 radical (unpaired) electrons. The maximum absolute atomic E-state index is 12.3. The van der Waals surface area contributed by atoms with Crippen LogP contribution in [0.15, 0.2) is 53.4 Å². The van der Waals surface area contributed by atoms with E-state index in [1.807, 2.05) is 40.3 Å². The van der Waals surface area contributed by atoms with Crippen molar-refractivity contribution in [2.75, 3.05) is 56.2 Å². The molecule has 0 aromatic heterocycles. The molecule has 11 heteroatoms. The Bertz CT molecular complexity index is 949. The van der Waals surface area contributed by atoms with Crippen LogP contribution in [0.4, 0.5) is 24.5 Å². The van der Waals surface area contributed by atoms with Crippen molar-refractivity contribution >= 4 is 35.0 Å². The maximum Gasteiger partial charge on any atom is 0.573 e. The first-order valence-corrected chi connectivity index (χ1v) is 11.5. The zero-order valence-corrected chi connectivity index (χ0v) is 18.8. The molecule has 178 valence electrons. The Morgan fingerprint density at radius 2 is 1.45 bits per heavy atom. The quantitative estimate of drug-likeness (QED) is 0.561. The van der Waals surface area contributed by atoms with Crippen LogP contribution in [0.2, 0.25) is 0 Å². The van der Waals surface area contributed by atoms with E-state index in [1.54, 1.807) is 11.8 Å². The summed E-state index contributed by atoms with van der Waals surface area (Å²) in [6.07, 6.45) is -2.78. The number of carbonyl (C=O) groups is 2. The van der Waals surface area contributed by atoms with Gasteiger partial charge in [0.05, 0.1) is 13.1 Å². The van der Waals surface area contributed by atoms with Crippen molar-refractivity contribution in [2.24, 2.45) is 0 Å². The number of rotatable bonds is 8. The van der Waals surface area contributed by atoms with Gasteiger partial charge >= 0.3 is 6.36 Å². The molecule has 1 aliphatic heterocycles. The van der Waals surface area contributed by atoms with Gasteiger partial charge in [-0.2, -0.15) is 0 Å². The Kier molecular flexibility index (Phi) is 8.59. The molecule has 3 rings (SSSR count). The van der Waals surface area contributed by atoms with Gasteiger partial charge in [-0.3, -0.25) is 19.4 Å². The lowest BCUT2D eigenvalue weighted by Gasteiger charge is -2.33. The van der Waals surface area contributed by atoms with Crippen molar-refractivity contribution in [1.29, 1.82) is 0 Å². The smallest absolute Gasteiger partial charge is 0.406 e. The normalized spacial score (nSPS) is 15.2. The zero-order chi connectivity index (χ0) is 23.8. The number of hydrogen-bond donors (Lipinski definition) is 2. The summed E-state index contributed by atoms with van der Waals surface area (Å²) in [6.45, 7) is 2.98. The minimum Gasteiger partial charge on any atom is -0.406 e. The van der Waals surface area contributed by atoms with E-state index in [4.69, 9.17) is 0 Å². The van der Waals surface area contributed by atoms with Crippen LogP contribution in [0.1, 0.15) is 0 Å². The number of alkyl halides is 3. The van der Waals surface area contributed by atoms with E-state index in [0.717, 1.165) is 22.7 Å². The van der Waals surface area contributed by atoms with Crippen LogP contribution in [-0.2, 0) is 9.59 Å². The van der Waals surface area contributed by atoms with Crippen LogP contribution in [-0.4, -0.2) is 73.5 Å². The van der Waals surface area contributed by atoms with Crippen molar-refractivity contribution in [1.82, 2.24) is 9.80 Å². The van der Waals surface area contributed by atoms with Crippen molar-refractivity contribution in [3.8, 4) is 5.75 Å². The lowest BCUT2D eigenvalue weighted by Crippen LogP contribution is -2.50. The van der Waals surface area contributed by atoms with Crippen LogP contribution in [0.3, 0.4) is 0 Å². The Morgan fingerprint density at radius 3 is 1.97 bits per heavy atom. The average molecular weight is 483 g/mol. The van der Waals surface area contributed by atoms with Crippen molar-refractivity contribution in [2.45, 2.75) is 11.3 Å². The van der Waals surface area contributed by atoms with Gasteiger partial charge < -0.3 is 15.4 Å². The van der Waals surface area contributed by atoms with Crippen molar-refractivity contribution in [3.63, 3.8) is 0 Å². The molecule has 0 aliphatic carbocycles. The number of hydrogen-bond acceptors (Lipinski definition) is 6. The van der Waals surface area contributed by atoms with Crippen LogP contribution in [0.5, 0.6) is 5.75 Å². The third-order valence-corrected chi connectivity index (χ3v) is 5.65. The lowest BCUT2D eigenvalue weighted by atomic mass is 10.2. The molecule has 1 aliphatic rings. The third kappa shape index (κ3) is 8.60. The van der Waals surface area contributed by atoms with E-state index in [-0.39, 0.29) is 30.7 Å². The van der Waals surface area contributed by atoms with E-state index in [2.05, 4.69) is 15.4 Å². The molecule has 2 aromatic carbocycles. The molecule has 0 spiro atoms. The first-order chi connectivity index (χ1) is 15.7. The highest BCUT2D eigenvalue weighted by atomic mass is 32.2. The molecular weight excluding hydrogens is 457 g/mol. The third-order valence-electron chi connectivity index (χ3n) is 4.92. The van der Waals surface area contributed by atoms with Crippen molar-refractivity contribution in [3.05, 3.63) is 48.5 Å². The van der Waals surface area contributed by atoms with Crippen LogP contribution in [0, 0.1) is 0 Å². The molecule has 0 unspecified atom stereocenters. The molecule has 7 nitrogen and oxygen atoms in total. The molecule has 2 amide bonds. The van der Waals surface area contributed by atoms with Gasteiger partial charge in [-0.15, -0.1) is 24.9 Å². The van der Waals surface area contributed by atoms with Gasteiger partial charge in [0, 0.05) is 42.4 Å². The SMILES string of the molecule is CSc1cccc(NC(=O)CN2CCN(CC(=O)Nc3ccc(OC(F)(F)F)cc3)CC2)c1. The summed E-state index contributed by atoms with van der Waals surface area (Å²) in [5, 5.41) is 5.57. The van der Waals surface area contributed by atoms with E-state index < -0.39 is 6.36 Å². The predicted molar refractivity (Wildman–Crippen MR) is 121 cm³/mol. The summed E-state index contributed by atoms with van der Waals surface area (Å²) in [6, 6.07) is 12.6. The topological polar surface area (TPSA) is 73.9 Å². The van der Waals surface area contributed by atoms with Gasteiger partial charge in [0.25, 0.3) is 0 Å². The fraction of sp³-hybridized carbons (Fsp3) is 0.364. The summed E-state index contributed by atoms with van der Waals surface area (Å²) in [4.78, 5) is 29.7. The monoisotopic (exact) mass is 482 g/mol. The Labute approximate surface area is 194 Å². The van der Waals surface area contributed by atoms with Gasteiger partial charge in [0.15, 0.2) is 0 Å². The first-order valence-electron chi connectivity index (χ1n) is 10.2. The molecule has 2 aromatic rings. The average Bonchev–Trinajstić information content (AvgIpc) is 2.75.